The van der Waals surface area contributed by atoms with E-state index in [0.717, 1.165) is 43.1 Å². The minimum atomic E-state index is -0.189. The highest BCUT2D eigenvalue weighted by atomic mass is 16.3. The summed E-state index contributed by atoms with van der Waals surface area (Å²) in [7, 11) is 0. The summed E-state index contributed by atoms with van der Waals surface area (Å²) < 4.78 is 0. The number of benzene rings is 2. The lowest BCUT2D eigenvalue weighted by Gasteiger charge is -2.38. The second-order valence-corrected chi connectivity index (χ2v) is 6.49. The van der Waals surface area contributed by atoms with Crippen LogP contribution in [0.25, 0.3) is 0 Å². The van der Waals surface area contributed by atoms with Crippen LogP contribution < -0.4 is 10.2 Å². The highest BCUT2D eigenvalue weighted by Crippen LogP contribution is 2.27. The summed E-state index contributed by atoms with van der Waals surface area (Å²) in [5, 5.41) is 13.0. The summed E-state index contributed by atoms with van der Waals surface area (Å²) in [5.74, 6) is 0.326. The summed E-state index contributed by atoms with van der Waals surface area (Å²) in [6.07, 6.45) is 0. The number of para-hydroxylation sites is 3. The number of hydrogen-bond donors (Lipinski definition) is 2. The van der Waals surface area contributed by atoms with Gasteiger partial charge in [-0.1, -0.05) is 30.3 Å². The van der Waals surface area contributed by atoms with E-state index in [1.807, 2.05) is 56.3 Å². The lowest BCUT2D eigenvalue weighted by Crippen LogP contribution is -2.52. The van der Waals surface area contributed by atoms with Gasteiger partial charge in [0.25, 0.3) is 0 Å². The summed E-state index contributed by atoms with van der Waals surface area (Å²) in [4.78, 5) is 16.9. The number of hydrogen-bond acceptors (Lipinski definition) is 4. The molecule has 2 N–H and O–H groups in total. The Labute approximate surface area is 148 Å². The number of aryl methyl sites for hydroxylation is 1. The number of piperazine rings is 1. The van der Waals surface area contributed by atoms with Gasteiger partial charge < -0.3 is 15.3 Å². The van der Waals surface area contributed by atoms with Crippen LogP contribution in [0.15, 0.2) is 48.5 Å². The smallest absolute Gasteiger partial charge is 0.241 e. The third-order valence-corrected chi connectivity index (χ3v) is 4.87. The predicted octanol–water partition coefficient (Wildman–Crippen LogP) is 2.85. The highest BCUT2D eigenvalue weighted by Gasteiger charge is 2.26. The molecule has 0 aromatic heterocycles. The van der Waals surface area contributed by atoms with Crippen molar-refractivity contribution in [2.45, 2.75) is 19.9 Å². The van der Waals surface area contributed by atoms with Gasteiger partial charge in [-0.25, -0.2) is 0 Å². The van der Waals surface area contributed by atoms with Gasteiger partial charge in [-0.3, -0.25) is 9.69 Å². The largest absolute Gasteiger partial charge is 0.506 e. The molecule has 1 aliphatic heterocycles. The topological polar surface area (TPSA) is 55.8 Å². The van der Waals surface area contributed by atoms with Crippen LogP contribution in [0.4, 0.5) is 11.4 Å². The molecule has 0 radical (unpaired) electrons. The van der Waals surface area contributed by atoms with E-state index in [0.29, 0.717) is 5.75 Å². The van der Waals surface area contributed by atoms with E-state index >= 15 is 0 Å². The maximum absolute atomic E-state index is 12.6. The molecule has 5 nitrogen and oxygen atoms in total. The number of carbonyl (C=O) groups is 1. The molecule has 132 valence electrons. The van der Waals surface area contributed by atoms with Crippen LogP contribution >= 0.6 is 0 Å². The van der Waals surface area contributed by atoms with Gasteiger partial charge >= 0.3 is 0 Å². The molecule has 0 spiro atoms. The molecule has 5 heteroatoms. The zero-order chi connectivity index (χ0) is 17.8. The van der Waals surface area contributed by atoms with E-state index in [1.54, 1.807) is 6.07 Å². The molecule has 1 heterocycles. The lowest BCUT2D eigenvalue weighted by atomic mass is 10.1. The average Bonchev–Trinajstić information content (AvgIpc) is 2.63. The normalized spacial score (nSPS) is 16.5. The van der Waals surface area contributed by atoms with Gasteiger partial charge in [0.15, 0.2) is 0 Å². The predicted molar refractivity (Wildman–Crippen MR) is 101 cm³/mol. The molecular weight excluding hydrogens is 314 g/mol. The minimum Gasteiger partial charge on any atom is -0.506 e. The molecule has 1 aliphatic rings. The molecular formula is C20H25N3O2. The molecule has 0 bridgehead atoms. The van der Waals surface area contributed by atoms with Crippen molar-refractivity contribution in [1.82, 2.24) is 4.90 Å². The average molecular weight is 339 g/mol. The Kier molecular flexibility index (Phi) is 5.24. The second kappa shape index (κ2) is 7.57. The summed E-state index contributed by atoms with van der Waals surface area (Å²) in [5.41, 5.74) is 2.79. The van der Waals surface area contributed by atoms with Crippen molar-refractivity contribution in [1.29, 1.82) is 0 Å². The fraction of sp³-hybridized carbons (Fsp3) is 0.350. The van der Waals surface area contributed by atoms with Crippen LogP contribution in [0.3, 0.4) is 0 Å². The number of phenolic OH excluding ortho intramolecular Hbond substituents is 1. The van der Waals surface area contributed by atoms with Gasteiger partial charge in [0.2, 0.25) is 5.91 Å². The zero-order valence-corrected chi connectivity index (χ0v) is 14.8. The SMILES string of the molecule is Cc1ccccc1NC(=O)C(C)N1CCN(c2ccccc2O)CC1. The van der Waals surface area contributed by atoms with Crippen LogP contribution in [0, 0.1) is 6.92 Å². The molecule has 1 saturated heterocycles. The molecule has 1 atom stereocenters. The number of nitrogens with zero attached hydrogens (tertiary/aromatic N) is 2. The molecule has 0 aliphatic carbocycles. The quantitative estimate of drug-likeness (QED) is 0.899. The van der Waals surface area contributed by atoms with E-state index in [2.05, 4.69) is 15.1 Å². The Balaban J connectivity index is 1.58. The maximum atomic E-state index is 12.6. The van der Waals surface area contributed by atoms with Gasteiger partial charge in [-0.15, -0.1) is 0 Å². The molecule has 25 heavy (non-hydrogen) atoms. The maximum Gasteiger partial charge on any atom is 0.241 e. The van der Waals surface area contributed by atoms with Gasteiger partial charge in [0.05, 0.1) is 11.7 Å². The first-order valence-corrected chi connectivity index (χ1v) is 8.70. The number of aromatic hydroxyl groups is 1. The van der Waals surface area contributed by atoms with E-state index in [1.165, 1.54) is 0 Å². The highest BCUT2D eigenvalue weighted by molar-refractivity contribution is 5.95. The van der Waals surface area contributed by atoms with E-state index in [9.17, 15) is 9.90 Å². The fourth-order valence-electron chi connectivity index (χ4n) is 3.20. The molecule has 1 unspecified atom stereocenters. The zero-order valence-electron chi connectivity index (χ0n) is 14.8. The Bertz CT molecular complexity index is 739. The lowest BCUT2D eigenvalue weighted by molar-refractivity contribution is -0.120. The molecule has 3 rings (SSSR count). The molecule has 0 saturated carbocycles. The Morgan fingerprint density at radius 2 is 1.68 bits per heavy atom. The van der Waals surface area contributed by atoms with Gasteiger partial charge in [0, 0.05) is 31.9 Å². The number of nitrogens with one attached hydrogen (secondary N) is 1. The monoisotopic (exact) mass is 339 g/mol. The number of anilines is 2. The Morgan fingerprint density at radius 3 is 2.36 bits per heavy atom. The standard InChI is InChI=1S/C20H25N3O2/c1-15-7-3-4-8-17(15)21-20(25)16(2)22-11-13-23(14-12-22)18-9-5-6-10-19(18)24/h3-10,16,24H,11-14H2,1-2H3,(H,21,25). The van der Waals surface area contributed by atoms with E-state index in [-0.39, 0.29) is 11.9 Å². The third-order valence-electron chi connectivity index (χ3n) is 4.87. The second-order valence-electron chi connectivity index (χ2n) is 6.49. The van der Waals surface area contributed by atoms with Crippen molar-refractivity contribution in [2.24, 2.45) is 0 Å². The van der Waals surface area contributed by atoms with Crippen molar-refractivity contribution in [3.8, 4) is 5.75 Å². The molecule has 1 fully saturated rings. The van der Waals surface area contributed by atoms with Crippen LogP contribution in [0.1, 0.15) is 12.5 Å². The number of amides is 1. The van der Waals surface area contributed by atoms with Crippen LogP contribution in [-0.4, -0.2) is 48.1 Å². The fourth-order valence-corrected chi connectivity index (χ4v) is 3.20. The van der Waals surface area contributed by atoms with Gasteiger partial charge in [-0.2, -0.15) is 0 Å². The van der Waals surface area contributed by atoms with Gasteiger partial charge in [0.1, 0.15) is 5.75 Å². The number of carbonyl (C=O) groups excluding carboxylic acids is 1. The first-order valence-electron chi connectivity index (χ1n) is 8.70. The first-order chi connectivity index (χ1) is 12.1. The van der Waals surface area contributed by atoms with Crippen LogP contribution in [-0.2, 0) is 4.79 Å². The van der Waals surface area contributed by atoms with Crippen molar-refractivity contribution < 1.29 is 9.90 Å². The Hall–Kier alpha value is -2.53. The van der Waals surface area contributed by atoms with E-state index in [4.69, 9.17) is 0 Å². The summed E-state index contributed by atoms with van der Waals surface area (Å²) in [6, 6.07) is 15.0. The minimum absolute atomic E-state index is 0.0188. The van der Waals surface area contributed by atoms with E-state index < -0.39 is 0 Å². The summed E-state index contributed by atoms with van der Waals surface area (Å²) in [6.45, 7) is 7.10. The number of phenols is 1. The number of rotatable bonds is 4. The van der Waals surface area contributed by atoms with Crippen molar-refractivity contribution in [3.05, 3.63) is 54.1 Å². The Morgan fingerprint density at radius 1 is 1.04 bits per heavy atom. The summed E-state index contributed by atoms with van der Waals surface area (Å²) >= 11 is 0. The van der Waals surface area contributed by atoms with Crippen molar-refractivity contribution in [2.75, 3.05) is 36.4 Å². The van der Waals surface area contributed by atoms with Crippen LogP contribution in [0.5, 0.6) is 5.75 Å². The molecule has 1 amide bonds. The van der Waals surface area contributed by atoms with Crippen molar-refractivity contribution in [3.63, 3.8) is 0 Å². The third kappa shape index (κ3) is 3.94. The first kappa shape index (κ1) is 17.3. The van der Waals surface area contributed by atoms with Crippen molar-refractivity contribution >= 4 is 17.3 Å². The molecule has 2 aromatic rings. The molecule has 2 aromatic carbocycles. The van der Waals surface area contributed by atoms with Gasteiger partial charge in [-0.05, 0) is 37.6 Å². The van der Waals surface area contributed by atoms with Crippen LogP contribution in [0.2, 0.25) is 0 Å².